The molecule has 2 aromatic carbocycles. The molecule has 1 aliphatic carbocycles. The van der Waals surface area contributed by atoms with Gasteiger partial charge in [-0.05, 0) is 78.6 Å². The number of methoxy groups -OCH3 is 2. The fourth-order valence-corrected chi connectivity index (χ4v) is 5.90. The zero-order chi connectivity index (χ0) is 29.9. The number of alkyl halides is 1. The molecule has 1 amide bonds. The lowest BCUT2D eigenvalue weighted by atomic mass is 10.1. The number of nitrogens with one attached hydrogen (secondary N) is 1. The van der Waals surface area contributed by atoms with E-state index < -0.39 is 12.1 Å². The van der Waals surface area contributed by atoms with Crippen LogP contribution in [0.5, 0.6) is 11.5 Å². The summed E-state index contributed by atoms with van der Waals surface area (Å²) in [7, 11) is 3.33. The minimum atomic E-state index is -1.06. The predicted octanol–water partition coefficient (Wildman–Crippen LogP) is 6.53. The highest BCUT2D eigenvalue weighted by Crippen LogP contribution is 2.37. The SMILES string of the molecule is CCC1CCCN1c1cc2cc(NC(=O)C3CC3F)ncc2c(N(Cc2ccc(OC)cc2)Cc2ccc(OC)cc2)n1. The molecule has 3 atom stereocenters. The Kier molecular flexibility index (Phi) is 8.31. The van der Waals surface area contributed by atoms with Gasteiger partial charge in [0.2, 0.25) is 5.91 Å². The van der Waals surface area contributed by atoms with Gasteiger partial charge in [0.25, 0.3) is 0 Å². The lowest BCUT2D eigenvalue weighted by molar-refractivity contribution is -0.117. The van der Waals surface area contributed by atoms with Crippen LogP contribution in [0.15, 0.2) is 66.9 Å². The molecule has 6 rings (SSSR count). The second kappa shape index (κ2) is 12.5. The third-order valence-corrected chi connectivity index (χ3v) is 8.49. The predicted molar refractivity (Wildman–Crippen MR) is 168 cm³/mol. The first-order valence-electron chi connectivity index (χ1n) is 15.0. The van der Waals surface area contributed by atoms with Crippen LogP contribution in [0.25, 0.3) is 10.8 Å². The van der Waals surface area contributed by atoms with Crippen molar-refractivity contribution in [1.82, 2.24) is 9.97 Å². The van der Waals surface area contributed by atoms with E-state index >= 15 is 0 Å². The fourth-order valence-electron chi connectivity index (χ4n) is 5.90. The molecular formula is C34H38FN5O3. The molecule has 43 heavy (non-hydrogen) atoms. The number of nitrogens with zero attached hydrogens (tertiary/aromatic N) is 4. The highest BCUT2D eigenvalue weighted by molar-refractivity contribution is 5.99. The second-order valence-electron chi connectivity index (χ2n) is 11.4. The maximum absolute atomic E-state index is 13.5. The summed E-state index contributed by atoms with van der Waals surface area (Å²) in [4.78, 5) is 27.1. The second-order valence-corrected chi connectivity index (χ2v) is 11.4. The third kappa shape index (κ3) is 6.35. The number of carbonyl (C=O) groups excluding carboxylic acids is 1. The number of pyridine rings is 2. The van der Waals surface area contributed by atoms with Crippen molar-refractivity contribution in [1.29, 1.82) is 0 Å². The van der Waals surface area contributed by atoms with Crippen LogP contribution in [0.3, 0.4) is 0 Å². The van der Waals surface area contributed by atoms with Crippen LogP contribution >= 0.6 is 0 Å². The normalized spacial score (nSPS) is 19.3. The minimum Gasteiger partial charge on any atom is -0.497 e. The van der Waals surface area contributed by atoms with E-state index in [-0.39, 0.29) is 12.3 Å². The Balaban J connectivity index is 1.43. The molecule has 2 aromatic heterocycles. The van der Waals surface area contributed by atoms with Crippen molar-refractivity contribution >= 4 is 34.1 Å². The first-order valence-corrected chi connectivity index (χ1v) is 15.0. The number of fused-ring (bicyclic) bond motifs is 1. The van der Waals surface area contributed by atoms with Gasteiger partial charge in [-0.2, -0.15) is 0 Å². The molecule has 1 saturated carbocycles. The number of anilines is 3. The average Bonchev–Trinajstić information content (AvgIpc) is 3.58. The van der Waals surface area contributed by atoms with Crippen molar-refractivity contribution in [2.24, 2.45) is 5.92 Å². The van der Waals surface area contributed by atoms with E-state index in [0.717, 1.165) is 70.8 Å². The Morgan fingerprint density at radius 1 is 1.02 bits per heavy atom. The van der Waals surface area contributed by atoms with Crippen molar-refractivity contribution in [3.63, 3.8) is 0 Å². The summed E-state index contributed by atoms with van der Waals surface area (Å²) in [5.41, 5.74) is 2.23. The minimum absolute atomic E-state index is 0.274. The standard InChI is InChI=1S/C34H38FN5O3/c1-4-25-6-5-15-40(25)32-17-24-16-31(37-34(41)28-18-30(28)35)36-19-29(24)33(38-32)39(20-22-7-11-26(42-2)12-8-22)21-23-9-13-27(43-3)14-10-23/h7-14,16-17,19,25,28,30H,4-6,15,18,20-21H2,1-3H3,(H,36,37,41). The van der Waals surface area contributed by atoms with Crippen LogP contribution in [0.2, 0.25) is 0 Å². The molecule has 1 N–H and O–H groups in total. The molecule has 4 aromatic rings. The summed E-state index contributed by atoms with van der Waals surface area (Å²) in [5.74, 6) is 2.86. The van der Waals surface area contributed by atoms with E-state index in [9.17, 15) is 9.18 Å². The molecule has 2 aliphatic rings. The Morgan fingerprint density at radius 3 is 2.21 bits per heavy atom. The Hall–Kier alpha value is -4.40. The number of ether oxygens (including phenoxy) is 2. The average molecular weight is 584 g/mol. The van der Waals surface area contributed by atoms with Gasteiger partial charge in [0, 0.05) is 37.3 Å². The van der Waals surface area contributed by atoms with E-state index in [0.29, 0.717) is 24.9 Å². The number of hydrogen-bond acceptors (Lipinski definition) is 7. The summed E-state index contributed by atoms with van der Waals surface area (Å²) >= 11 is 0. The number of rotatable bonds is 11. The third-order valence-electron chi connectivity index (χ3n) is 8.49. The highest BCUT2D eigenvalue weighted by Gasteiger charge is 2.43. The quantitative estimate of drug-likeness (QED) is 0.215. The maximum Gasteiger partial charge on any atom is 0.231 e. The van der Waals surface area contributed by atoms with Crippen molar-refractivity contribution in [3.05, 3.63) is 78.0 Å². The lowest BCUT2D eigenvalue weighted by Crippen LogP contribution is -2.30. The monoisotopic (exact) mass is 583 g/mol. The van der Waals surface area contributed by atoms with E-state index in [2.05, 4.69) is 57.4 Å². The number of benzene rings is 2. The zero-order valence-corrected chi connectivity index (χ0v) is 24.9. The lowest BCUT2D eigenvalue weighted by Gasteiger charge is -2.30. The van der Waals surface area contributed by atoms with Gasteiger partial charge in [0.15, 0.2) is 0 Å². The van der Waals surface area contributed by atoms with E-state index in [1.807, 2.05) is 30.3 Å². The summed E-state index contributed by atoms with van der Waals surface area (Å²) in [6.07, 6.45) is 4.28. The Labute approximate surface area is 251 Å². The van der Waals surface area contributed by atoms with Crippen LogP contribution in [-0.4, -0.2) is 48.9 Å². The summed E-state index contributed by atoms with van der Waals surface area (Å²) in [6.45, 7) is 4.38. The van der Waals surface area contributed by atoms with Gasteiger partial charge in [0.05, 0.1) is 20.1 Å². The van der Waals surface area contributed by atoms with Crippen molar-refractivity contribution in [3.8, 4) is 11.5 Å². The molecule has 3 heterocycles. The van der Waals surface area contributed by atoms with Crippen LogP contribution < -0.4 is 24.6 Å². The molecular weight excluding hydrogens is 545 g/mol. The summed E-state index contributed by atoms with van der Waals surface area (Å²) in [6, 6.07) is 20.6. The molecule has 0 radical (unpaired) electrons. The Morgan fingerprint density at radius 2 is 1.65 bits per heavy atom. The number of carbonyl (C=O) groups is 1. The number of halogens is 1. The van der Waals surface area contributed by atoms with Gasteiger partial charge in [0.1, 0.15) is 35.1 Å². The van der Waals surface area contributed by atoms with Gasteiger partial charge in [-0.25, -0.2) is 14.4 Å². The molecule has 0 bridgehead atoms. The topological polar surface area (TPSA) is 79.8 Å². The zero-order valence-electron chi connectivity index (χ0n) is 24.9. The van der Waals surface area contributed by atoms with Crippen molar-refractivity contribution in [2.75, 3.05) is 35.9 Å². The first kappa shape index (κ1) is 28.7. The fraction of sp³-hybridized carbons (Fsp3) is 0.382. The van der Waals surface area contributed by atoms with Crippen molar-refractivity contribution < 1.29 is 18.7 Å². The molecule has 1 aliphatic heterocycles. The molecule has 3 unspecified atom stereocenters. The molecule has 224 valence electrons. The van der Waals surface area contributed by atoms with Crippen LogP contribution in [-0.2, 0) is 17.9 Å². The van der Waals surface area contributed by atoms with Gasteiger partial charge < -0.3 is 24.6 Å². The first-order chi connectivity index (χ1) is 20.9. The van der Waals surface area contributed by atoms with Crippen LogP contribution in [0.4, 0.5) is 21.8 Å². The molecule has 0 spiro atoms. The van der Waals surface area contributed by atoms with E-state index in [1.54, 1.807) is 20.4 Å². The Bertz CT molecular complexity index is 1530. The largest absolute Gasteiger partial charge is 0.497 e. The molecule has 2 fully saturated rings. The summed E-state index contributed by atoms with van der Waals surface area (Å²) < 4.78 is 24.3. The van der Waals surface area contributed by atoms with Crippen LogP contribution in [0.1, 0.15) is 43.7 Å². The van der Waals surface area contributed by atoms with Crippen molar-refractivity contribution in [2.45, 2.75) is 57.9 Å². The summed E-state index contributed by atoms with van der Waals surface area (Å²) in [5, 5.41) is 4.63. The van der Waals surface area contributed by atoms with Gasteiger partial charge in [-0.3, -0.25) is 4.79 Å². The number of hydrogen-bond donors (Lipinski definition) is 1. The molecule has 1 saturated heterocycles. The van der Waals surface area contributed by atoms with E-state index in [1.165, 1.54) is 0 Å². The molecule has 9 heteroatoms. The van der Waals surface area contributed by atoms with Gasteiger partial charge in [-0.1, -0.05) is 31.2 Å². The smallest absolute Gasteiger partial charge is 0.231 e. The van der Waals surface area contributed by atoms with Gasteiger partial charge in [-0.15, -0.1) is 0 Å². The number of aromatic nitrogens is 2. The van der Waals surface area contributed by atoms with Crippen LogP contribution in [0, 0.1) is 5.92 Å². The van der Waals surface area contributed by atoms with E-state index in [4.69, 9.17) is 14.5 Å². The highest BCUT2D eigenvalue weighted by atomic mass is 19.1. The number of amides is 1. The molecule has 8 nitrogen and oxygen atoms in total. The van der Waals surface area contributed by atoms with Gasteiger partial charge >= 0.3 is 0 Å². The maximum atomic E-state index is 13.5.